The number of nitrogens with zero attached hydrogens (tertiary/aromatic N) is 3. The lowest BCUT2D eigenvalue weighted by atomic mass is 9.97. The zero-order valence-corrected chi connectivity index (χ0v) is 16.1. The monoisotopic (exact) mass is 379 g/mol. The van der Waals surface area contributed by atoms with E-state index in [0.717, 1.165) is 61.4 Å². The van der Waals surface area contributed by atoms with E-state index < -0.39 is 0 Å². The van der Waals surface area contributed by atoms with Crippen LogP contribution in [0.5, 0.6) is 0 Å². The molecule has 2 aliphatic rings. The highest BCUT2D eigenvalue weighted by Crippen LogP contribution is 2.27. The van der Waals surface area contributed by atoms with Crippen LogP contribution in [0.15, 0.2) is 30.6 Å². The van der Waals surface area contributed by atoms with Gasteiger partial charge in [0.25, 0.3) is 5.91 Å². The Hall–Kier alpha value is -2.80. The number of aryl methyl sites for hydroxylation is 1. The zero-order chi connectivity index (χ0) is 19.5. The van der Waals surface area contributed by atoms with Crippen LogP contribution in [0.1, 0.15) is 35.3 Å². The lowest BCUT2D eigenvalue weighted by Gasteiger charge is -2.27. The van der Waals surface area contributed by atoms with Crippen LogP contribution in [-0.4, -0.2) is 53.4 Å². The number of carbonyl (C=O) groups excluding carboxylic acids is 2. The standard InChI is InChI=1S/C21H25N5O2/c1-26(13-14-6-8-22-9-7-14)21(28)19-12-23-18(11-24-19)16-2-4-17-15(10-16)3-5-20(27)25-17/h2,4,10-12,14,22H,3,5-9,13H2,1H3,(H,25,27). The molecular weight excluding hydrogens is 354 g/mol. The summed E-state index contributed by atoms with van der Waals surface area (Å²) in [6, 6.07) is 5.85. The molecule has 1 aromatic heterocycles. The van der Waals surface area contributed by atoms with Crippen molar-refractivity contribution in [3.05, 3.63) is 41.9 Å². The maximum absolute atomic E-state index is 12.7. The molecule has 2 aromatic rings. The van der Waals surface area contributed by atoms with E-state index in [4.69, 9.17) is 0 Å². The maximum Gasteiger partial charge on any atom is 0.273 e. The number of nitrogens with one attached hydrogen (secondary N) is 2. The van der Waals surface area contributed by atoms with Gasteiger partial charge in [-0.2, -0.15) is 0 Å². The lowest BCUT2D eigenvalue weighted by Crippen LogP contribution is -2.37. The molecular formula is C21H25N5O2. The number of hydrogen-bond donors (Lipinski definition) is 2. The first-order valence-electron chi connectivity index (χ1n) is 9.81. The second-order valence-electron chi connectivity index (χ2n) is 7.59. The fourth-order valence-corrected chi connectivity index (χ4v) is 3.86. The van der Waals surface area contributed by atoms with E-state index in [0.29, 0.717) is 18.0 Å². The molecule has 7 heteroatoms. The first-order chi connectivity index (χ1) is 13.6. The van der Waals surface area contributed by atoms with Gasteiger partial charge in [-0.1, -0.05) is 6.07 Å². The van der Waals surface area contributed by atoms with Crippen LogP contribution >= 0.6 is 0 Å². The highest BCUT2D eigenvalue weighted by molar-refractivity contribution is 5.94. The predicted octanol–water partition coefficient (Wildman–Crippen LogP) is 2.10. The molecule has 28 heavy (non-hydrogen) atoms. The average molecular weight is 379 g/mol. The third-order valence-corrected chi connectivity index (χ3v) is 5.50. The number of aromatic nitrogens is 2. The van der Waals surface area contributed by atoms with Gasteiger partial charge >= 0.3 is 0 Å². The van der Waals surface area contributed by atoms with Crippen LogP contribution < -0.4 is 10.6 Å². The number of rotatable bonds is 4. The van der Waals surface area contributed by atoms with E-state index in [-0.39, 0.29) is 11.8 Å². The molecule has 4 rings (SSSR count). The van der Waals surface area contributed by atoms with Gasteiger partial charge in [0.2, 0.25) is 5.91 Å². The minimum Gasteiger partial charge on any atom is -0.340 e. The highest BCUT2D eigenvalue weighted by atomic mass is 16.2. The zero-order valence-electron chi connectivity index (χ0n) is 16.1. The van der Waals surface area contributed by atoms with Gasteiger partial charge < -0.3 is 15.5 Å². The summed E-state index contributed by atoms with van der Waals surface area (Å²) in [5, 5.41) is 6.22. The second-order valence-corrected chi connectivity index (χ2v) is 7.59. The van der Waals surface area contributed by atoms with Crippen LogP contribution in [0.4, 0.5) is 5.69 Å². The molecule has 7 nitrogen and oxygen atoms in total. The quantitative estimate of drug-likeness (QED) is 0.850. The molecule has 0 radical (unpaired) electrons. The number of benzene rings is 1. The van der Waals surface area contributed by atoms with Crippen molar-refractivity contribution in [2.45, 2.75) is 25.7 Å². The Morgan fingerprint density at radius 3 is 2.75 bits per heavy atom. The molecule has 2 N–H and O–H groups in total. The van der Waals surface area contributed by atoms with Gasteiger partial charge in [-0.05, 0) is 56.0 Å². The second kappa shape index (κ2) is 8.06. The van der Waals surface area contributed by atoms with Gasteiger partial charge in [0.1, 0.15) is 5.69 Å². The molecule has 1 saturated heterocycles. The molecule has 0 spiro atoms. The van der Waals surface area contributed by atoms with E-state index >= 15 is 0 Å². The summed E-state index contributed by atoms with van der Waals surface area (Å²) in [5.41, 5.74) is 3.98. The number of amides is 2. The van der Waals surface area contributed by atoms with Crippen molar-refractivity contribution in [1.29, 1.82) is 0 Å². The Morgan fingerprint density at radius 1 is 1.18 bits per heavy atom. The molecule has 2 amide bonds. The van der Waals surface area contributed by atoms with E-state index in [1.165, 1.54) is 0 Å². The minimum absolute atomic E-state index is 0.0523. The number of hydrogen-bond acceptors (Lipinski definition) is 5. The van der Waals surface area contributed by atoms with Crippen molar-refractivity contribution in [2.75, 3.05) is 32.0 Å². The molecule has 146 valence electrons. The van der Waals surface area contributed by atoms with Gasteiger partial charge in [-0.25, -0.2) is 4.98 Å². The molecule has 0 bridgehead atoms. The third kappa shape index (κ3) is 4.04. The summed E-state index contributed by atoms with van der Waals surface area (Å²) in [7, 11) is 1.83. The number of anilines is 1. The van der Waals surface area contributed by atoms with Crippen molar-refractivity contribution in [2.24, 2.45) is 5.92 Å². The maximum atomic E-state index is 12.7. The van der Waals surface area contributed by atoms with Crippen LogP contribution in [-0.2, 0) is 11.2 Å². The molecule has 1 aromatic carbocycles. The van der Waals surface area contributed by atoms with Crippen LogP contribution in [0.3, 0.4) is 0 Å². The molecule has 3 heterocycles. The first kappa shape index (κ1) is 18.6. The van der Waals surface area contributed by atoms with Crippen LogP contribution in [0.2, 0.25) is 0 Å². The summed E-state index contributed by atoms with van der Waals surface area (Å²) < 4.78 is 0. The first-order valence-corrected chi connectivity index (χ1v) is 9.81. The van der Waals surface area contributed by atoms with Crippen molar-refractivity contribution < 1.29 is 9.59 Å². The van der Waals surface area contributed by atoms with Gasteiger partial charge in [-0.3, -0.25) is 14.6 Å². The van der Waals surface area contributed by atoms with Gasteiger partial charge in [0.15, 0.2) is 0 Å². The van der Waals surface area contributed by atoms with E-state index in [2.05, 4.69) is 20.6 Å². The van der Waals surface area contributed by atoms with Crippen molar-refractivity contribution >= 4 is 17.5 Å². The van der Waals surface area contributed by atoms with Gasteiger partial charge in [0.05, 0.1) is 18.1 Å². The van der Waals surface area contributed by atoms with Crippen LogP contribution in [0, 0.1) is 5.92 Å². The molecule has 0 atom stereocenters. The van der Waals surface area contributed by atoms with Crippen molar-refractivity contribution in [1.82, 2.24) is 20.2 Å². The normalized spacial score (nSPS) is 17.0. The fraction of sp³-hybridized carbons (Fsp3) is 0.429. The topological polar surface area (TPSA) is 87.2 Å². The van der Waals surface area contributed by atoms with E-state index in [9.17, 15) is 9.59 Å². The largest absolute Gasteiger partial charge is 0.340 e. The summed E-state index contributed by atoms with van der Waals surface area (Å²) in [6.07, 6.45) is 6.62. The van der Waals surface area contributed by atoms with Gasteiger partial charge in [-0.15, -0.1) is 0 Å². The van der Waals surface area contributed by atoms with Gasteiger partial charge in [0, 0.05) is 31.3 Å². The summed E-state index contributed by atoms with van der Waals surface area (Å²) in [5.74, 6) is 0.501. The van der Waals surface area contributed by atoms with E-state index in [1.807, 2.05) is 25.2 Å². The summed E-state index contributed by atoms with van der Waals surface area (Å²) in [6.45, 7) is 2.79. The summed E-state index contributed by atoms with van der Waals surface area (Å²) >= 11 is 0. The molecule has 0 saturated carbocycles. The Labute approximate surface area is 164 Å². The fourth-order valence-electron chi connectivity index (χ4n) is 3.86. The molecule has 0 aliphatic carbocycles. The Bertz CT molecular complexity index is 875. The average Bonchev–Trinajstić information content (AvgIpc) is 2.73. The highest BCUT2D eigenvalue weighted by Gasteiger charge is 2.20. The molecule has 1 fully saturated rings. The number of carbonyl (C=O) groups is 2. The summed E-state index contributed by atoms with van der Waals surface area (Å²) in [4.78, 5) is 34.7. The van der Waals surface area contributed by atoms with E-state index in [1.54, 1.807) is 17.3 Å². The molecule has 2 aliphatic heterocycles. The van der Waals surface area contributed by atoms with Crippen molar-refractivity contribution in [3.63, 3.8) is 0 Å². The smallest absolute Gasteiger partial charge is 0.273 e. The Morgan fingerprint density at radius 2 is 2.00 bits per heavy atom. The number of piperidine rings is 1. The predicted molar refractivity (Wildman–Crippen MR) is 107 cm³/mol. The van der Waals surface area contributed by atoms with Crippen LogP contribution in [0.25, 0.3) is 11.3 Å². The molecule has 0 unspecified atom stereocenters. The third-order valence-electron chi connectivity index (χ3n) is 5.50. The number of fused-ring (bicyclic) bond motifs is 1. The Kier molecular flexibility index (Phi) is 5.34. The SMILES string of the molecule is CN(CC1CCNCC1)C(=O)c1cnc(-c2ccc3c(c2)CCC(=O)N3)cn1. The Balaban J connectivity index is 1.44. The van der Waals surface area contributed by atoms with Crippen molar-refractivity contribution in [3.8, 4) is 11.3 Å². The lowest BCUT2D eigenvalue weighted by molar-refractivity contribution is -0.116. The minimum atomic E-state index is -0.0919.